The Morgan fingerprint density at radius 2 is 2.24 bits per heavy atom. The van der Waals surface area contributed by atoms with E-state index >= 15 is 0 Å². The van der Waals surface area contributed by atoms with Gasteiger partial charge in [-0.15, -0.1) is 0 Å². The topological polar surface area (TPSA) is 64.0 Å². The van der Waals surface area contributed by atoms with Gasteiger partial charge in [-0.05, 0) is 19.3 Å². The van der Waals surface area contributed by atoms with Crippen molar-refractivity contribution in [1.29, 1.82) is 0 Å². The third-order valence-corrected chi connectivity index (χ3v) is 5.16. The summed E-state index contributed by atoms with van der Waals surface area (Å²) in [5, 5.41) is 7.70. The molecule has 2 fully saturated rings. The number of nitrogens with zero attached hydrogens (tertiary/aromatic N) is 2. The highest BCUT2D eigenvalue weighted by Crippen LogP contribution is 2.23. The average Bonchev–Trinajstić information content (AvgIpc) is 2.86. The van der Waals surface area contributed by atoms with Gasteiger partial charge in [-0.25, -0.2) is 8.42 Å². The van der Waals surface area contributed by atoms with Gasteiger partial charge >= 0.3 is 0 Å². The second-order valence-corrected chi connectivity index (χ2v) is 7.27. The van der Waals surface area contributed by atoms with E-state index in [1.54, 1.807) is 0 Å². The Morgan fingerprint density at radius 3 is 2.88 bits per heavy atom. The lowest BCUT2D eigenvalue weighted by molar-refractivity contribution is 0.499. The molecule has 0 spiro atoms. The molecule has 2 heterocycles. The van der Waals surface area contributed by atoms with E-state index in [0.717, 1.165) is 12.1 Å². The summed E-state index contributed by atoms with van der Waals surface area (Å²) < 4.78 is 24.6. The molecule has 6 heteroatoms. The Morgan fingerprint density at radius 1 is 1.41 bits per heavy atom. The third kappa shape index (κ3) is 2.69. The van der Waals surface area contributed by atoms with Gasteiger partial charge < -0.3 is 5.32 Å². The lowest BCUT2D eigenvalue weighted by Crippen LogP contribution is -2.15. The molecular weight excluding hydrogens is 238 g/mol. The monoisotopic (exact) mass is 255 g/mol. The second-order valence-electron chi connectivity index (χ2n) is 5.04. The number of hydrogen-bond donors (Lipinski definition) is 1. The minimum Gasteiger partial charge on any atom is -0.310 e. The zero-order chi connectivity index (χ0) is 11.9. The van der Waals surface area contributed by atoms with E-state index < -0.39 is 9.84 Å². The van der Waals surface area contributed by atoms with Crippen molar-refractivity contribution in [2.24, 2.45) is 0 Å². The van der Waals surface area contributed by atoms with Gasteiger partial charge in [0.25, 0.3) is 0 Å². The molecule has 1 aliphatic carbocycles. The normalized spacial score (nSPS) is 27.4. The first-order valence-electron chi connectivity index (χ1n) is 6.09. The van der Waals surface area contributed by atoms with Gasteiger partial charge in [0.2, 0.25) is 0 Å². The van der Waals surface area contributed by atoms with E-state index in [2.05, 4.69) is 10.4 Å². The van der Waals surface area contributed by atoms with Crippen molar-refractivity contribution < 1.29 is 8.42 Å². The molecule has 0 aromatic carbocycles. The first-order chi connectivity index (χ1) is 8.12. The van der Waals surface area contributed by atoms with Gasteiger partial charge in [0.05, 0.1) is 23.7 Å². The van der Waals surface area contributed by atoms with Gasteiger partial charge in [-0.1, -0.05) is 0 Å². The van der Waals surface area contributed by atoms with E-state index in [9.17, 15) is 8.42 Å². The van der Waals surface area contributed by atoms with Crippen molar-refractivity contribution in [3.63, 3.8) is 0 Å². The van der Waals surface area contributed by atoms with Crippen LogP contribution in [0.5, 0.6) is 0 Å². The van der Waals surface area contributed by atoms with Crippen molar-refractivity contribution in [2.75, 3.05) is 11.5 Å². The number of hydrogen-bond acceptors (Lipinski definition) is 4. The van der Waals surface area contributed by atoms with Crippen LogP contribution in [0.3, 0.4) is 0 Å². The highest BCUT2D eigenvalue weighted by atomic mass is 32.2. The summed E-state index contributed by atoms with van der Waals surface area (Å²) in [6.07, 6.45) is 7.05. The summed E-state index contributed by atoms with van der Waals surface area (Å²) in [4.78, 5) is 0. The Bertz CT molecular complexity index is 505. The van der Waals surface area contributed by atoms with Crippen molar-refractivity contribution >= 4 is 9.84 Å². The van der Waals surface area contributed by atoms with E-state index in [4.69, 9.17) is 0 Å². The quantitative estimate of drug-likeness (QED) is 0.850. The van der Waals surface area contributed by atoms with Crippen LogP contribution < -0.4 is 5.32 Å². The van der Waals surface area contributed by atoms with Crippen LogP contribution in [0.15, 0.2) is 12.4 Å². The van der Waals surface area contributed by atoms with Crippen molar-refractivity contribution in [1.82, 2.24) is 15.1 Å². The van der Waals surface area contributed by atoms with Crippen LogP contribution in [-0.4, -0.2) is 35.7 Å². The van der Waals surface area contributed by atoms with Crippen LogP contribution in [0.4, 0.5) is 0 Å². The molecule has 1 aromatic rings. The van der Waals surface area contributed by atoms with E-state index in [1.807, 2.05) is 17.1 Å². The Labute approximate surface area is 101 Å². The van der Waals surface area contributed by atoms with Gasteiger partial charge in [0, 0.05) is 24.3 Å². The van der Waals surface area contributed by atoms with E-state index in [0.29, 0.717) is 18.2 Å². The molecule has 3 rings (SSSR count). The van der Waals surface area contributed by atoms with Gasteiger partial charge in [-0.2, -0.15) is 5.10 Å². The first-order valence-corrected chi connectivity index (χ1v) is 7.91. The molecule has 1 saturated carbocycles. The molecule has 5 nitrogen and oxygen atoms in total. The van der Waals surface area contributed by atoms with Crippen molar-refractivity contribution in [2.45, 2.75) is 37.9 Å². The minimum atomic E-state index is -2.83. The smallest absolute Gasteiger partial charge is 0.152 e. The first kappa shape index (κ1) is 11.2. The van der Waals surface area contributed by atoms with Crippen molar-refractivity contribution in [3.05, 3.63) is 18.0 Å². The molecule has 0 bridgehead atoms. The average molecular weight is 255 g/mol. The molecular formula is C11H17N3O2S. The predicted molar refractivity (Wildman–Crippen MR) is 64.4 cm³/mol. The fourth-order valence-electron chi connectivity index (χ4n) is 2.20. The summed E-state index contributed by atoms with van der Waals surface area (Å²) in [7, 11) is -2.83. The molecule has 1 aromatic heterocycles. The Kier molecular flexibility index (Phi) is 2.71. The predicted octanol–water partition coefficient (Wildman–Crippen LogP) is 0.495. The molecule has 1 atom stereocenters. The SMILES string of the molecule is O=S1(=O)CCC(n2cc(CNC3CC3)cn2)C1. The molecule has 1 aliphatic heterocycles. The summed E-state index contributed by atoms with van der Waals surface area (Å²) in [6.45, 7) is 0.837. The fraction of sp³-hybridized carbons (Fsp3) is 0.727. The zero-order valence-corrected chi connectivity index (χ0v) is 10.5. The maximum Gasteiger partial charge on any atom is 0.152 e. The zero-order valence-electron chi connectivity index (χ0n) is 9.67. The van der Waals surface area contributed by atoms with Gasteiger partial charge in [0.15, 0.2) is 9.84 Å². The highest BCUT2D eigenvalue weighted by molar-refractivity contribution is 7.91. The van der Waals surface area contributed by atoms with Gasteiger partial charge in [0.1, 0.15) is 0 Å². The summed E-state index contributed by atoms with van der Waals surface area (Å²) in [6, 6.07) is 0.722. The molecule has 1 unspecified atom stereocenters. The highest BCUT2D eigenvalue weighted by Gasteiger charge is 2.29. The van der Waals surface area contributed by atoms with Gasteiger partial charge in [-0.3, -0.25) is 4.68 Å². The number of aromatic nitrogens is 2. The lowest BCUT2D eigenvalue weighted by atomic mass is 10.3. The maximum atomic E-state index is 11.4. The number of sulfone groups is 1. The third-order valence-electron chi connectivity index (χ3n) is 3.41. The fourth-order valence-corrected chi connectivity index (χ4v) is 3.91. The van der Waals surface area contributed by atoms with Crippen LogP contribution in [-0.2, 0) is 16.4 Å². The molecule has 17 heavy (non-hydrogen) atoms. The summed E-state index contributed by atoms with van der Waals surface area (Å²) in [5.74, 6) is 0.539. The molecule has 2 aliphatic rings. The van der Waals surface area contributed by atoms with E-state index in [1.165, 1.54) is 12.8 Å². The largest absolute Gasteiger partial charge is 0.310 e. The summed E-state index contributed by atoms with van der Waals surface area (Å²) in [5.41, 5.74) is 1.14. The summed E-state index contributed by atoms with van der Waals surface area (Å²) >= 11 is 0. The molecule has 1 N–H and O–H groups in total. The van der Waals surface area contributed by atoms with Crippen LogP contribution >= 0.6 is 0 Å². The Hall–Kier alpha value is -0.880. The van der Waals surface area contributed by atoms with Crippen LogP contribution in [0.25, 0.3) is 0 Å². The second kappa shape index (κ2) is 4.10. The number of rotatable bonds is 4. The molecule has 1 saturated heterocycles. The minimum absolute atomic E-state index is 0.0367. The lowest BCUT2D eigenvalue weighted by Gasteiger charge is -2.07. The van der Waals surface area contributed by atoms with Crippen LogP contribution in [0.1, 0.15) is 30.9 Å². The standard InChI is InChI=1S/C11H17N3O2S/c15-17(16)4-3-11(8-17)14-7-9(6-13-14)5-12-10-1-2-10/h6-7,10-12H,1-5,8H2. The molecule has 0 amide bonds. The van der Waals surface area contributed by atoms with Crippen LogP contribution in [0, 0.1) is 0 Å². The Balaban J connectivity index is 1.63. The number of nitrogens with one attached hydrogen (secondary N) is 1. The maximum absolute atomic E-state index is 11.4. The van der Waals surface area contributed by atoms with E-state index in [-0.39, 0.29) is 11.8 Å². The molecule has 0 radical (unpaired) electrons. The molecule has 94 valence electrons. The van der Waals surface area contributed by atoms with Crippen LogP contribution in [0.2, 0.25) is 0 Å². The van der Waals surface area contributed by atoms with Crippen molar-refractivity contribution in [3.8, 4) is 0 Å².